The predicted molar refractivity (Wildman–Crippen MR) is 83.2 cm³/mol. The zero-order chi connectivity index (χ0) is 14.7. The Morgan fingerprint density at radius 3 is 2.57 bits per heavy atom. The smallest absolute Gasteiger partial charge is 0.251 e. The Kier molecular flexibility index (Phi) is 4.00. The summed E-state index contributed by atoms with van der Waals surface area (Å²) in [7, 11) is 0. The highest BCUT2D eigenvalue weighted by Crippen LogP contribution is 2.24. The van der Waals surface area contributed by atoms with Gasteiger partial charge < -0.3 is 5.32 Å². The maximum atomic E-state index is 12.2. The molecule has 0 spiro atoms. The highest BCUT2D eigenvalue weighted by molar-refractivity contribution is 5.94. The summed E-state index contributed by atoms with van der Waals surface area (Å²) in [4.78, 5) is 16.1. The van der Waals surface area contributed by atoms with Crippen LogP contribution in [0.15, 0.2) is 42.7 Å². The highest BCUT2D eigenvalue weighted by atomic mass is 16.1. The zero-order valence-electron chi connectivity index (χ0n) is 12.3. The number of carbonyl (C=O) groups is 1. The number of rotatable bonds is 3. The van der Waals surface area contributed by atoms with Crippen molar-refractivity contribution in [2.45, 2.75) is 38.6 Å². The van der Waals surface area contributed by atoms with E-state index in [4.69, 9.17) is 0 Å². The number of carbonyl (C=O) groups excluding carboxylic acids is 1. The fourth-order valence-electron chi connectivity index (χ4n) is 2.89. The average Bonchev–Trinajstić information content (AvgIpc) is 2.55. The van der Waals surface area contributed by atoms with Crippen LogP contribution in [0, 0.1) is 0 Å². The van der Waals surface area contributed by atoms with Crippen molar-refractivity contribution in [2.24, 2.45) is 0 Å². The Morgan fingerprint density at radius 1 is 1.10 bits per heavy atom. The standard InChI is InChI=1S/C18H20N2O/c1-13(20-18(21)15-8-10-19-11-9-15)16-7-6-14-4-2-3-5-17(14)12-16/h6-13H,2-5H2,1H3,(H,20,21)/t13-/m1/s1. The monoisotopic (exact) mass is 280 g/mol. The van der Waals surface area contributed by atoms with Crippen LogP contribution in [-0.4, -0.2) is 10.9 Å². The summed E-state index contributed by atoms with van der Waals surface area (Å²) in [5.41, 5.74) is 4.74. The first-order chi connectivity index (χ1) is 10.2. The number of aromatic nitrogens is 1. The molecule has 108 valence electrons. The number of nitrogens with one attached hydrogen (secondary N) is 1. The topological polar surface area (TPSA) is 42.0 Å². The molecule has 1 aromatic carbocycles. The van der Waals surface area contributed by atoms with Crippen LogP contribution in [0.4, 0.5) is 0 Å². The van der Waals surface area contributed by atoms with Crippen LogP contribution in [0.2, 0.25) is 0 Å². The Hall–Kier alpha value is -2.16. The van der Waals surface area contributed by atoms with Gasteiger partial charge >= 0.3 is 0 Å². The van der Waals surface area contributed by atoms with Crippen molar-refractivity contribution in [3.63, 3.8) is 0 Å². The molecule has 1 atom stereocenters. The van der Waals surface area contributed by atoms with E-state index in [1.54, 1.807) is 24.5 Å². The van der Waals surface area contributed by atoms with E-state index in [2.05, 4.69) is 28.5 Å². The van der Waals surface area contributed by atoms with Gasteiger partial charge in [-0.3, -0.25) is 9.78 Å². The zero-order valence-corrected chi connectivity index (χ0v) is 12.3. The average molecular weight is 280 g/mol. The number of pyridine rings is 1. The third kappa shape index (κ3) is 3.13. The van der Waals surface area contributed by atoms with Crippen molar-refractivity contribution >= 4 is 5.91 Å². The first-order valence-electron chi connectivity index (χ1n) is 7.56. The van der Waals surface area contributed by atoms with E-state index >= 15 is 0 Å². The second-order valence-corrected chi connectivity index (χ2v) is 5.67. The lowest BCUT2D eigenvalue weighted by molar-refractivity contribution is 0.0939. The van der Waals surface area contributed by atoms with Crippen molar-refractivity contribution in [3.8, 4) is 0 Å². The van der Waals surface area contributed by atoms with Gasteiger partial charge in [0.25, 0.3) is 5.91 Å². The van der Waals surface area contributed by atoms with Gasteiger partial charge in [-0.15, -0.1) is 0 Å². The van der Waals surface area contributed by atoms with Gasteiger partial charge in [-0.1, -0.05) is 18.2 Å². The fourth-order valence-corrected chi connectivity index (χ4v) is 2.89. The molecular formula is C18H20N2O. The van der Waals surface area contributed by atoms with Crippen LogP contribution in [0.1, 0.15) is 52.9 Å². The Labute approximate surface area is 125 Å². The normalized spacial score (nSPS) is 15.1. The van der Waals surface area contributed by atoms with Crippen molar-refractivity contribution in [3.05, 3.63) is 65.0 Å². The summed E-state index contributed by atoms with van der Waals surface area (Å²) in [6, 6.07) is 10.1. The number of amides is 1. The first kappa shape index (κ1) is 13.8. The Balaban J connectivity index is 1.73. The number of fused-ring (bicyclic) bond motifs is 1. The minimum absolute atomic E-state index is 0.0119. The molecule has 0 unspecified atom stereocenters. The molecule has 1 N–H and O–H groups in total. The van der Waals surface area contributed by atoms with E-state index in [9.17, 15) is 4.79 Å². The van der Waals surface area contributed by atoms with Gasteiger partial charge in [-0.25, -0.2) is 0 Å². The molecule has 0 radical (unpaired) electrons. The van der Waals surface area contributed by atoms with Crippen LogP contribution in [0.25, 0.3) is 0 Å². The Bertz CT molecular complexity index is 637. The van der Waals surface area contributed by atoms with Gasteiger partial charge in [0.2, 0.25) is 0 Å². The highest BCUT2D eigenvalue weighted by Gasteiger charge is 2.14. The maximum Gasteiger partial charge on any atom is 0.251 e. The molecular weight excluding hydrogens is 260 g/mol. The molecule has 1 aromatic heterocycles. The summed E-state index contributed by atoms with van der Waals surface area (Å²) in [5.74, 6) is -0.0531. The molecule has 1 aliphatic carbocycles. The van der Waals surface area contributed by atoms with Crippen LogP contribution in [0.3, 0.4) is 0 Å². The number of nitrogens with zero attached hydrogens (tertiary/aromatic N) is 1. The molecule has 21 heavy (non-hydrogen) atoms. The lowest BCUT2D eigenvalue weighted by Gasteiger charge is -2.20. The molecule has 3 nitrogen and oxygen atoms in total. The molecule has 1 aliphatic rings. The van der Waals surface area contributed by atoms with Gasteiger partial charge in [-0.05, 0) is 61.4 Å². The van der Waals surface area contributed by atoms with E-state index in [1.165, 1.54) is 36.0 Å². The van der Waals surface area contributed by atoms with Gasteiger partial charge in [0.05, 0.1) is 6.04 Å². The molecule has 3 rings (SSSR count). The maximum absolute atomic E-state index is 12.2. The quantitative estimate of drug-likeness (QED) is 0.935. The third-order valence-corrected chi connectivity index (χ3v) is 4.16. The molecule has 0 saturated heterocycles. The van der Waals surface area contributed by atoms with Crippen molar-refractivity contribution < 1.29 is 4.79 Å². The molecule has 0 saturated carbocycles. The first-order valence-corrected chi connectivity index (χ1v) is 7.56. The number of benzene rings is 1. The van der Waals surface area contributed by atoms with Gasteiger partial charge in [-0.2, -0.15) is 0 Å². The van der Waals surface area contributed by atoms with E-state index in [-0.39, 0.29) is 11.9 Å². The molecule has 2 aromatic rings. The second-order valence-electron chi connectivity index (χ2n) is 5.67. The van der Waals surface area contributed by atoms with Gasteiger partial charge in [0.1, 0.15) is 0 Å². The molecule has 0 fully saturated rings. The largest absolute Gasteiger partial charge is 0.346 e. The Morgan fingerprint density at radius 2 is 1.81 bits per heavy atom. The minimum Gasteiger partial charge on any atom is -0.346 e. The summed E-state index contributed by atoms with van der Waals surface area (Å²) in [5, 5.41) is 3.05. The summed E-state index contributed by atoms with van der Waals surface area (Å²) >= 11 is 0. The molecule has 1 amide bonds. The van der Waals surface area contributed by atoms with E-state index in [1.807, 2.05) is 6.92 Å². The molecule has 1 heterocycles. The van der Waals surface area contributed by atoms with Crippen molar-refractivity contribution in [2.75, 3.05) is 0 Å². The predicted octanol–water partition coefficient (Wildman–Crippen LogP) is 3.45. The molecule has 0 aliphatic heterocycles. The van der Waals surface area contributed by atoms with Crippen LogP contribution in [-0.2, 0) is 12.8 Å². The summed E-state index contributed by atoms with van der Waals surface area (Å²) in [6.45, 7) is 2.03. The van der Waals surface area contributed by atoms with Crippen molar-refractivity contribution in [1.29, 1.82) is 0 Å². The van der Waals surface area contributed by atoms with Crippen molar-refractivity contribution in [1.82, 2.24) is 10.3 Å². The minimum atomic E-state index is -0.0531. The van der Waals surface area contributed by atoms with E-state index in [0.717, 1.165) is 6.42 Å². The fraction of sp³-hybridized carbons (Fsp3) is 0.333. The molecule has 0 bridgehead atoms. The second kappa shape index (κ2) is 6.08. The number of hydrogen-bond acceptors (Lipinski definition) is 2. The third-order valence-electron chi connectivity index (χ3n) is 4.16. The van der Waals surface area contributed by atoms with Crippen LogP contribution >= 0.6 is 0 Å². The van der Waals surface area contributed by atoms with Crippen LogP contribution in [0.5, 0.6) is 0 Å². The number of hydrogen-bond donors (Lipinski definition) is 1. The van der Waals surface area contributed by atoms with E-state index in [0.29, 0.717) is 5.56 Å². The number of aryl methyl sites for hydroxylation is 2. The van der Waals surface area contributed by atoms with Gasteiger partial charge in [0, 0.05) is 18.0 Å². The SMILES string of the molecule is C[C@@H](NC(=O)c1ccncc1)c1ccc2c(c1)CCCC2. The lowest BCUT2D eigenvalue weighted by Crippen LogP contribution is -2.26. The van der Waals surface area contributed by atoms with E-state index < -0.39 is 0 Å². The van der Waals surface area contributed by atoms with Gasteiger partial charge in [0.15, 0.2) is 0 Å². The summed E-state index contributed by atoms with van der Waals surface area (Å²) < 4.78 is 0. The summed E-state index contributed by atoms with van der Waals surface area (Å²) in [6.07, 6.45) is 8.19. The molecule has 3 heteroatoms. The lowest BCUT2D eigenvalue weighted by atomic mass is 9.89. The van der Waals surface area contributed by atoms with Crippen LogP contribution < -0.4 is 5.32 Å².